The fourth-order valence-corrected chi connectivity index (χ4v) is 2.45. The summed E-state index contributed by atoms with van der Waals surface area (Å²) < 4.78 is 4.87. The van der Waals surface area contributed by atoms with Crippen molar-refractivity contribution in [3.63, 3.8) is 0 Å². The van der Waals surface area contributed by atoms with Crippen molar-refractivity contribution in [3.8, 4) is 0 Å². The van der Waals surface area contributed by atoms with Crippen LogP contribution in [-0.2, 0) is 9.53 Å². The molecule has 1 N–H and O–H groups in total. The van der Waals surface area contributed by atoms with Crippen LogP contribution in [0.2, 0.25) is 0 Å². The average Bonchev–Trinajstić information content (AvgIpc) is 2.58. The molecule has 0 bridgehead atoms. The Balaban J connectivity index is 2.39. The van der Waals surface area contributed by atoms with Gasteiger partial charge in [0.15, 0.2) is 0 Å². The Hall–Kier alpha value is -0.650. The lowest BCUT2D eigenvalue weighted by Gasteiger charge is -2.24. The highest BCUT2D eigenvalue weighted by Crippen LogP contribution is 2.05. The summed E-state index contributed by atoms with van der Waals surface area (Å²) in [6.07, 6.45) is 2.02. The monoisotopic (exact) mass is 271 g/mol. The van der Waals surface area contributed by atoms with E-state index in [9.17, 15) is 4.79 Å². The number of ether oxygens (including phenoxy) is 1. The molecule has 1 aliphatic heterocycles. The quantitative estimate of drug-likeness (QED) is 0.715. The third kappa shape index (κ3) is 6.36. The molecule has 0 radical (unpaired) electrons. The molecule has 1 saturated heterocycles. The van der Waals surface area contributed by atoms with Crippen molar-refractivity contribution in [2.45, 2.75) is 38.8 Å². The van der Waals surface area contributed by atoms with Gasteiger partial charge in [-0.3, -0.25) is 4.79 Å². The number of nitrogens with zero attached hydrogens (tertiary/aromatic N) is 2. The first-order valence-corrected chi connectivity index (χ1v) is 7.27. The summed E-state index contributed by atoms with van der Waals surface area (Å²) >= 11 is 0. The zero-order chi connectivity index (χ0) is 14.3. The average molecular weight is 271 g/mol. The summed E-state index contributed by atoms with van der Waals surface area (Å²) in [7, 11) is 3.62. The van der Waals surface area contributed by atoms with Crippen molar-refractivity contribution in [3.05, 3.63) is 0 Å². The molecule has 0 spiro atoms. The predicted molar refractivity (Wildman–Crippen MR) is 77.2 cm³/mol. The lowest BCUT2D eigenvalue weighted by molar-refractivity contribution is -0.143. The number of methoxy groups -OCH3 is 1. The number of carbonyl (C=O) groups excluding carboxylic acids is 1. The topological polar surface area (TPSA) is 44.8 Å². The Labute approximate surface area is 117 Å². The Bertz CT molecular complexity index is 271. The zero-order valence-corrected chi connectivity index (χ0v) is 12.8. The number of esters is 1. The summed E-state index contributed by atoms with van der Waals surface area (Å²) in [5.74, 6) is -0.152. The van der Waals surface area contributed by atoms with Crippen LogP contribution in [0.5, 0.6) is 0 Å². The second-order valence-corrected chi connectivity index (χ2v) is 5.68. The molecule has 0 saturated carbocycles. The molecule has 1 atom stereocenters. The molecule has 1 aliphatic rings. The maximum atomic E-state index is 11.7. The van der Waals surface area contributed by atoms with Crippen LogP contribution in [0.3, 0.4) is 0 Å². The van der Waals surface area contributed by atoms with Crippen LogP contribution >= 0.6 is 0 Å². The van der Waals surface area contributed by atoms with Gasteiger partial charge in [0, 0.05) is 25.7 Å². The van der Waals surface area contributed by atoms with Gasteiger partial charge < -0.3 is 19.9 Å². The predicted octanol–water partition coefficient (Wildman–Crippen LogP) is 0.554. The van der Waals surface area contributed by atoms with Crippen LogP contribution in [0.15, 0.2) is 0 Å². The molecular weight excluding hydrogens is 242 g/mol. The van der Waals surface area contributed by atoms with E-state index in [0.717, 1.165) is 32.6 Å². The minimum Gasteiger partial charge on any atom is -0.468 e. The third-order valence-corrected chi connectivity index (χ3v) is 3.57. The molecule has 1 fully saturated rings. The number of rotatable bonds is 6. The fourth-order valence-electron chi connectivity index (χ4n) is 2.45. The molecule has 0 amide bonds. The minimum absolute atomic E-state index is 0.152. The van der Waals surface area contributed by atoms with Crippen molar-refractivity contribution < 1.29 is 9.53 Å². The first-order chi connectivity index (χ1) is 9.02. The highest BCUT2D eigenvalue weighted by Gasteiger charge is 2.21. The van der Waals surface area contributed by atoms with Crippen LogP contribution in [0.25, 0.3) is 0 Å². The molecule has 0 aromatic rings. The van der Waals surface area contributed by atoms with Crippen LogP contribution in [0.1, 0.15) is 26.7 Å². The normalized spacial score (nSPS) is 20.3. The minimum atomic E-state index is -0.189. The fraction of sp³-hybridized carbons (Fsp3) is 0.929. The Morgan fingerprint density at radius 1 is 1.26 bits per heavy atom. The summed E-state index contributed by atoms with van der Waals surface area (Å²) in [6.45, 7) is 9.55. The molecule has 112 valence electrons. The van der Waals surface area contributed by atoms with E-state index in [1.807, 2.05) is 0 Å². The molecule has 1 unspecified atom stereocenters. The Morgan fingerprint density at radius 3 is 2.63 bits per heavy atom. The van der Waals surface area contributed by atoms with Gasteiger partial charge in [-0.25, -0.2) is 0 Å². The Morgan fingerprint density at radius 2 is 2.00 bits per heavy atom. The van der Waals surface area contributed by atoms with Crippen LogP contribution in [0, 0.1) is 0 Å². The van der Waals surface area contributed by atoms with Gasteiger partial charge in [0.1, 0.15) is 6.04 Å². The molecule has 5 heteroatoms. The van der Waals surface area contributed by atoms with Crippen LogP contribution in [-0.4, -0.2) is 74.7 Å². The second kappa shape index (κ2) is 8.51. The van der Waals surface area contributed by atoms with Crippen LogP contribution < -0.4 is 5.32 Å². The van der Waals surface area contributed by atoms with Gasteiger partial charge in [-0.05, 0) is 33.0 Å². The van der Waals surface area contributed by atoms with Crippen molar-refractivity contribution >= 4 is 5.97 Å². The highest BCUT2D eigenvalue weighted by atomic mass is 16.5. The van der Waals surface area contributed by atoms with Gasteiger partial charge in [0.25, 0.3) is 0 Å². The van der Waals surface area contributed by atoms with Gasteiger partial charge >= 0.3 is 5.97 Å². The van der Waals surface area contributed by atoms with Crippen molar-refractivity contribution in [2.75, 3.05) is 46.9 Å². The SMILES string of the molecule is COC(=O)C(CCN1CCCN(C)CC1)NC(C)C. The molecule has 1 heterocycles. The number of carbonyl (C=O) groups is 1. The summed E-state index contributed by atoms with van der Waals surface area (Å²) in [4.78, 5) is 16.5. The number of nitrogens with one attached hydrogen (secondary N) is 1. The summed E-state index contributed by atoms with van der Waals surface area (Å²) in [6, 6.07) is 0.102. The van der Waals surface area contributed by atoms with Gasteiger partial charge in [-0.1, -0.05) is 13.8 Å². The number of hydrogen-bond donors (Lipinski definition) is 1. The molecule has 5 nitrogen and oxygen atoms in total. The van der Waals surface area contributed by atoms with E-state index in [4.69, 9.17) is 4.74 Å². The first kappa shape index (κ1) is 16.4. The lowest BCUT2D eigenvalue weighted by atomic mass is 10.1. The summed E-state index contributed by atoms with van der Waals surface area (Å²) in [5.41, 5.74) is 0. The molecule has 0 aliphatic carbocycles. The zero-order valence-electron chi connectivity index (χ0n) is 12.8. The van der Waals surface area contributed by atoms with E-state index in [-0.39, 0.29) is 12.0 Å². The van der Waals surface area contributed by atoms with Crippen molar-refractivity contribution in [1.29, 1.82) is 0 Å². The Kier molecular flexibility index (Phi) is 7.34. The van der Waals surface area contributed by atoms with E-state index in [2.05, 4.69) is 36.0 Å². The standard InChI is InChI=1S/C14H29N3O2/c1-12(2)15-13(14(18)19-4)6-9-17-8-5-7-16(3)10-11-17/h12-13,15H,5-11H2,1-4H3. The lowest BCUT2D eigenvalue weighted by Crippen LogP contribution is -2.44. The van der Waals surface area contributed by atoms with Crippen LogP contribution in [0.4, 0.5) is 0 Å². The first-order valence-electron chi connectivity index (χ1n) is 7.27. The van der Waals surface area contributed by atoms with Gasteiger partial charge in [0.05, 0.1) is 7.11 Å². The largest absolute Gasteiger partial charge is 0.468 e. The smallest absolute Gasteiger partial charge is 0.322 e. The van der Waals surface area contributed by atoms with E-state index >= 15 is 0 Å². The van der Waals surface area contributed by atoms with Gasteiger partial charge in [-0.2, -0.15) is 0 Å². The molecule has 19 heavy (non-hydrogen) atoms. The number of likely N-dealkylation sites (N-methyl/N-ethyl adjacent to an activating group) is 1. The third-order valence-electron chi connectivity index (χ3n) is 3.57. The van der Waals surface area contributed by atoms with E-state index < -0.39 is 0 Å². The molecule has 0 aromatic heterocycles. The van der Waals surface area contributed by atoms with E-state index in [1.54, 1.807) is 0 Å². The van der Waals surface area contributed by atoms with Crippen molar-refractivity contribution in [1.82, 2.24) is 15.1 Å². The highest BCUT2D eigenvalue weighted by molar-refractivity contribution is 5.75. The maximum absolute atomic E-state index is 11.7. The molecular formula is C14H29N3O2. The summed E-state index contributed by atoms with van der Waals surface area (Å²) in [5, 5.41) is 3.28. The van der Waals surface area contributed by atoms with Crippen molar-refractivity contribution in [2.24, 2.45) is 0 Å². The molecule has 1 rings (SSSR count). The molecule has 0 aromatic carbocycles. The van der Waals surface area contributed by atoms with E-state index in [0.29, 0.717) is 6.04 Å². The maximum Gasteiger partial charge on any atom is 0.322 e. The van der Waals surface area contributed by atoms with Gasteiger partial charge in [-0.15, -0.1) is 0 Å². The van der Waals surface area contributed by atoms with Gasteiger partial charge in [0.2, 0.25) is 0 Å². The van der Waals surface area contributed by atoms with E-state index in [1.165, 1.54) is 20.1 Å². The number of hydrogen-bond acceptors (Lipinski definition) is 5. The second-order valence-electron chi connectivity index (χ2n) is 5.68.